The molecule has 0 saturated carbocycles. The minimum Gasteiger partial charge on any atom is -0.466 e. The van der Waals surface area contributed by atoms with Gasteiger partial charge in [0, 0.05) is 30.7 Å². The van der Waals surface area contributed by atoms with Gasteiger partial charge >= 0.3 is 5.97 Å². The van der Waals surface area contributed by atoms with E-state index in [0.717, 1.165) is 4.47 Å². The Morgan fingerprint density at radius 3 is 2.78 bits per heavy atom. The Bertz CT molecular complexity index is 429. The molecule has 0 aliphatic heterocycles. The molecule has 1 heterocycles. The van der Waals surface area contributed by atoms with Gasteiger partial charge in [-0.2, -0.15) is 0 Å². The van der Waals surface area contributed by atoms with Crippen molar-refractivity contribution >= 4 is 27.8 Å². The first-order valence-corrected chi connectivity index (χ1v) is 6.59. The van der Waals surface area contributed by atoms with Crippen LogP contribution in [0, 0.1) is 0 Å². The smallest absolute Gasteiger partial charge is 0.305 e. The van der Waals surface area contributed by atoms with Crippen LogP contribution in [0.25, 0.3) is 0 Å². The van der Waals surface area contributed by atoms with Gasteiger partial charge in [0.25, 0.3) is 5.91 Å². The van der Waals surface area contributed by atoms with E-state index < -0.39 is 0 Å². The fourth-order valence-electron chi connectivity index (χ4n) is 1.51. The molecule has 0 aliphatic rings. The fourth-order valence-corrected chi connectivity index (χ4v) is 2.03. The average Bonchev–Trinajstić information content (AvgIpc) is 2.64. The predicted molar refractivity (Wildman–Crippen MR) is 71.3 cm³/mol. The Balaban J connectivity index is 2.30. The molecule has 0 spiro atoms. The number of hydrogen-bond acceptors (Lipinski definition) is 3. The molecule has 0 fully saturated rings. The zero-order valence-electron chi connectivity index (χ0n) is 10.5. The van der Waals surface area contributed by atoms with Crippen LogP contribution in [0.4, 0.5) is 0 Å². The van der Waals surface area contributed by atoms with Gasteiger partial charge in [0.15, 0.2) is 0 Å². The van der Waals surface area contributed by atoms with E-state index in [4.69, 9.17) is 4.74 Å². The highest BCUT2D eigenvalue weighted by Gasteiger charge is 2.10. The molecule has 100 valence electrons. The van der Waals surface area contributed by atoms with E-state index in [1.165, 1.54) is 0 Å². The van der Waals surface area contributed by atoms with Gasteiger partial charge in [0.2, 0.25) is 0 Å². The second-order valence-corrected chi connectivity index (χ2v) is 4.73. The van der Waals surface area contributed by atoms with E-state index in [0.29, 0.717) is 31.7 Å². The van der Waals surface area contributed by atoms with E-state index in [-0.39, 0.29) is 11.9 Å². The highest BCUT2D eigenvalue weighted by Crippen LogP contribution is 2.13. The van der Waals surface area contributed by atoms with E-state index in [9.17, 15) is 9.59 Å². The van der Waals surface area contributed by atoms with Crippen LogP contribution >= 0.6 is 15.9 Å². The predicted octanol–water partition coefficient (Wildman–Crippen LogP) is 1.86. The zero-order valence-corrected chi connectivity index (χ0v) is 12.1. The maximum Gasteiger partial charge on any atom is 0.305 e. The largest absolute Gasteiger partial charge is 0.466 e. The van der Waals surface area contributed by atoms with Gasteiger partial charge < -0.3 is 14.6 Å². The molecule has 1 rings (SSSR count). The second kappa shape index (κ2) is 7.20. The van der Waals surface area contributed by atoms with Crippen molar-refractivity contribution in [2.45, 2.75) is 19.8 Å². The van der Waals surface area contributed by atoms with E-state index in [2.05, 4.69) is 21.2 Å². The van der Waals surface area contributed by atoms with Crippen LogP contribution in [-0.2, 0) is 16.6 Å². The summed E-state index contributed by atoms with van der Waals surface area (Å²) >= 11 is 3.31. The SMILES string of the molecule is CCOC(=O)CCCNC(=O)c1cc(Br)cn1C. The number of nitrogens with zero attached hydrogens (tertiary/aromatic N) is 1. The number of halogens is 1. The van der Waals surface area contributed by atoms with Crippen molar-refractivity contribution in [3.05, 3.63) is 22.4 Å². The molecule has 0 radical (unpaired) electrons. The number of aryl methyl sites for hydroxylation is 1. The number of esters is 1. The Morgan fingerprint density at radius 2 is 2.22 bits per heavy atom. The van der Waals surface area contributed by atoms with Crippen LogP contribution in [0.1, 0.15) is 30.3 Å². The highest BCUT2D eigenvalue weighted by atomic mass is 79.9. The van der Waals surface area contributed by atoms with Crippen molar-refractivity contribution in [1.29, 1.82) is 0 Å². The minimum absolute atomic E-state index is 0.146. The maximum absolute atomic E-state index is 11.8. The number of amides is 1. The molecule has 1 N–H and O–H groups in total. The van der Waals surface area contributed by atoms with E-state index >= 15 is 0 Å². The van der Waals surface area contributed by atoms with Crippen LogP contribution in [0.3, 0.4) is 0 Å². The molecule has 0 bridgehead atoms. The van der Waals surface area contributed by atoms with Crippen molar-refractivity contribution in [3.63, 3.8) is 0 Å². The van der Waals surface area contributed by atoms with Gasteiger partial charge in [-0.1, -0.05) is 0 Å². The molecule has 0 saturated heterocycles. The summed E-state index contributed by atoms with van der Waals surface area (Å²) in [5.41, 5.74) is 0.581. The number of rotatable bonds is 6. The third-order valence-electron chi connectivity index (χ3n) is 2.35. The third-order valence-corrected chi connectivity index (χ3v) is 2.79. The first-order valence-electron chi connectivity index (χ1n) is 5.80. The monoisotopic (exact) mass is 316 g/mol. The number of aromatic nitrogens is 1. The van der Waals surface area contributed by atoms with Crippen molar-refractivity contribution in [1.82, 2.24) is 9.88 Å². The number of ether oxygens (including phenoxy) is 1. The molecule has 0 atom stereocenters. The number of carbonyl (C=O) groups excluding carboxylic acids is 2. The molecule has 1 aromatic rings. The molecule has 0 aromatic carbocycles. The summed E-state index contributed by atoms with van der Waals surface area (Å²) in [6, 6.07) is 1.75. The van der Waals surface area contributed by atoms with Crippen LogP contribution in [0.5, 0.6) is 0 Å². The Morgan fingerprint density at radius 1 is 1.50 bits per heavy atom. The Hall–Kier alpha value is -1.30. The zero-order chi connectivity index (χ0) is 13.5. The van der Waals surface area contributed by atoms with Crippen molar-refractivity contribution < 1.29 is 14.3 Å². The van der Waals surface area contributed by atoms with Gasteiger partial charge in [-0.3, -0.25) is 9.59 Å². The van der Waals surface area contributed by atoms with Crippen LogP contribution < -0.4 is 5.32 Å². The normalized spacial score (nSPS) is 10.2. The molecular formula is C12H17BrN2O3. The lowest BCUT2D eigenvalue weighted by atomic mass is 10.3. The number of hydrogen-bond donors (Lipinski definition) is 1. The summed E-state index contributed by atoms with van der Waals surface area (Å²) in [5, 5.41) is 2.76. The van der Waals surface area contributed by atoms with Gasteiger partial charge in [-0.15, -0.1) is 0 Å². The lowest BCUT2D eigenvalue weighted by Gasteiger charge is -2.05. The van der Waals surface area contributed by atoms with Crippen LogP contribution in [0.2, 0.25) is 0 Å². The second-order valence-electron chi connectivity index (χ2n) is 3.82. The average molecular weight is 317 g/mol. The quantitative estimate of drug-likeness (QED) is 0.643. The van der Waals surface area contributed by atoms with Crippen molar-refractivity contribution in [3.8, 4) is 0 Å². The van der Waals surface area contributed by atoms with Gasteiger partial charge in [0.1, 0.15) is 5.69 Å². The topological polar surface area (TPSA) is 60.3 Å². The van der Waals surface area contributed by atoms with Gasteiger partial charge in [-0.05, 0) is 35.3 Å². The maximum atomic E-state index is 11.8. The standard InChI is InChI=1S/C12H17BrN2O3/c1-3-18-11(16)5-4-6-14-12(17)10-7-9(13)8-15(10)2/h7-8H,3-6H2,1-2H3,(H,14,17). The summed E-state index contributed by atoms with van der Waals surface area (Å²) in [6.45, 7) is 2.62. The molecule has 0 aliphatic carbocycles. The molecule has 18 heavy (non-hydrogen) atoms. The lowest BCUT2D eigenvalue weighted by Crippen LogP contribution is -2.26. The van der Waals surface area contributed by atoms with E-state index in [1.54, 1.807) is 24.6 Å². The fraction of sp³-hybridized carbons (Fsp3) is 0.500. The summed E-state index contributed by atoms with van der Waals surface area (Å²) < 4.78 is 7.40. The molecule has 5 nitrogen and oxygen atoms in total. The van der Waals surface area contributed by atoms with Crippen molar-refractivity contribution in [2.24, 2.45) is 7.05 Å². The summed E-state index contributed by atoms with van der Waals surface area (Å²) in [7, 11) is 1.80. The summed E-state index contributed by atoms with van der Waals surface area (Å²) in [4.78, 5) is 22.9. The Kier molecular flexibility index (Phi) is 5.91. The third kappa shape index (κ3) is 4.52. The van der Waals surface area contributed by atoms with Crippen molar-refractivity contribution in [2.75, 3.05) is 13.2 Å². The van der Waals surface area contributed by atoms with Crippen LogP contribution in [0.15, 0.2) is 16.7 Å². The molecular weight excluding hydrogens is 300 g/mol. The number of nitrogens with one attached hydrogen (secondary N) is 1. The molecule has 1 amide bonds. The van der Waals surface area contributed by atoms with Crippen LogP contribution in [-0.4, -0.2) is 29.6 Å². The molecule has 6 heteroatoms. The van der Waals surface area contributed by atoms with E-state index in [1.807, 2.05) is 6.20 Å². The first kappa shape index (κ1) is 14.8. The Labute approximate surface area is 115 Å². The highest BCUT2D eigenvalue weighted by molar-refractivity contribution is 9.10. The van der Waals surface area contributed by atoms with Gasteiger partial charge in [0.05, 0.1) is 6.61 Å². The summed E-state index contributed by atoms with van der Waals surface area (Å²) in [5.74, 6) is -0.375. The molecule has 1 aromatic heterocycles. The molecule has 0 unspecified atom stereocenters. The lowest BCUT2D eigenvalue weighted by molar-refractivity contribution is -0.143. The minimum atomic E-state index is -0.228. The number of carbonyl (C=O) groups is 2. The van der Waals surface area contributed by atoms with Gasteiger partial charge in [-0.25, -0.2) is 0 Å². The first-order chi connectivity index (χ1) is 8.54. The summed E-state index contributed by atoms with van der Waals surface area (Å²) in [6.07, 6.45) is 2.72.